The molecule has 0 aliphatic carbocycles. The fraction of sp³-hybridized carbons (Fsp3) is 0.286. The summed E-state index contributed by atoms with van der Waals surface area (Å²) in [5.74, 6) is 1.05. The minimum Gasteiger partial charge on any atom is -0.497 e. The van der Waals surface area contributed by atoms with Crippen molar-refractivity contribution in [1.82, 2.24) is 14.9 Å². The monoisotopic (exact) mass is 380 g/mol. The van der Waals surface area contributed by atoms with Crippen LogP contribution in [0.3, 0.4) is 0 Å². The molecule has 1 amide bonds. The van der Waals surface area contributed by atoms with Crippen LogP contribution in [0.4, 0.5) is 0 Å². The van der Waals surface area contributed by atoms with Crippen molar-refractivity contribution in [3.63, 3.8) is 0 Å². The van der Waals surface area contributed by atoms with Gasteiger partial charge in [-0.2, -0.15) is 0 Å². The van der Waals surface area contributed by atoms with Crippen LogP contribution < -0.4 is 15.2 Å². The maximum Gasteiger partial charge on any atom is 0.255 e. The maximum absolute atomic E-state index is 13.1. The molecule has 7 heteroatoms. The molecule has 0 aliphatic heterocycles. The number of hydrogen-bond donors (Lipinski definition) is 1. The molecule has 3 aromatic rings. The zero-order valence-electron chi connectivity index (χ0n) is 16.3. The second kappa shape index (κ2) is 8.67. The summed E-state index contributed by atoms with van der Waals surface area (Å²) >= 11 is 0. The molecule has 28 heavy (non-hydrogen) atoms. The molecule has 0 spiro atoms. The average Bonchev–Trinajstić information content (AvgIpc) is 2.75. The van der Waals surface area contributed by atoms with Gasteiger partial charge in [0.05, 0.1) is 25.5 Å². The van der Waals surface area contributed by atoms with E-state index in [4.69, 9.17) is 15.2 Å². The Morgan fingerprint density at radius 3 is 2.64 bits per heavy atom. The number of nitrogens with zero attached hydrogens (tertiary/aromatic N) is 3. The van der Waals surface area contributed by atoms with Gasteiger partial charge in [0.25, 0.3) is 5.91 Å². The highest BCUT2D eigenvalue weighted by Crippen LogP contribution is 2.35. The Kier molecular flexibility index (Phi) is 6.06. The molecule has 2 N–H and O–H groups in total. The summed E-state index contributed by atoms with van der Waals surface area (Å²) < 4.78 is 10.9. The van der Waals surface area contributed by atoms with Gasteiger partial charge in [0.2, 0.25) is 0 Å². The number of carbonyl (C=O) groups is 1. The summed E-state index contributed by atoms with van der Waals surface area (Å²) in [6, 6.07) is 9.34. The Labute approximate surface area is 164 Å². The van der Waals surface area contributed by atoms with E-state index in [1.807, 2.05) is 24.3 Å². The van der Waals surface area contributed by atoms with Gasteiger partial charge < -0.3 is 20.1 Å². The Balaban J connectivity index is 1.98. The molecule has 0 saturated heterocycles. The van der Waals surface area contributed by atoms with Gasteiger partial charge in [-0.15, -0.1) is 0 Å². The van der Waals surface area contributed by atoms with Crippen LogP contribution in [0.15, 0.2) is 42.7 Å². The number of ether oxygens (including phenoxy) is 2. The zero-order chi connectivity index (χ0) is 20.1. The molecule has 146 valence electrons. The summed E-state index contributed by atoms with van der Waals surface area (Å²) in [5, 5.41) is 1.44. The van der Waals surface area contributed by atoms with E-state index in [1.54, 1.807) is 44.6 Å². The molecule has 0 saturated carbocycles. The first-order chi connectivity index (χ1) is 13.6. The fourth-order valence-corrected chi connectivity index (χ4v) is 3.12. The molecule has 2 aromatic heterocycles. The number of hydrogen-bond acceptors (Lipinski definition) is 6. The van der Waals surface area contributed by atoms with Crippen molar-refractivity contribution < 1.29 is 14.3 Å². The number of rotatable bonds is 7. The van der Waals surface area contributed by atoms with E-state index in [0.717, 1.165) is 11.1 Å². The van der Waals surface area contributed by atoms with E-state index in [-0.39, 0.29) is 12.5 Å². The van der Waals surface area contributed by atoms with Crippen LogP contribution >= 0.6 is 0 Å². The van der Waals surface area contributed by atoms with Crippen LogP contribution in [0.1, 0.15) is 21.7 Å². The van der Waals surface area contributed by atoms with Crippen molar-refractivity contribution in [3.05, 3.63) is 59.7 Å². The van der Waals surface area contributed by atoms with Crippen LogP contribution in [-0.2, 0) is 13.0 Å². The molecular weight excluding hydrogens is 356 g/mol. The smallest absolute Gasteiger partial charge is 0.255 e. The third kappa shape index (κ3) is 3.89. The predicted octanol–water partition coefficient (Wildman–Crippen LogP) is 2.42. The third-order valence-corrected chi connectivity index (χ3v) is 4.66. The van der Waals surface area contributed by atoms with Crippen LogP contribution in [0.25, 0.3) is 10.8 Å². The first-order valence-corrected chi connectivity index (χ1v) is 8.98. The standard InChI is InChI=1S/C21H24N4O3/c1-25(9-7-14-6-4-5-8-23-14)21(26)17-13-24-18(12-22)20-16(17)10-15(27-2)11-19(20)28-3/h4-6,8,10-11,13H,7,9,12,22H2,1-3H3. The quantitative estimate of drug-likeness (QED) is 0.677. The van der Waals surface area contributed by atoms with E-state index in [2.05, 4.69) is 9.97 Å². The Morgan fingerprint density at radius 1 is 1.18 bits per heavy atom. The molecule has 0 radical (unpaired) electrons. The molecule has 1 aromatic carbocycles. The lowest BCUT2D eigenvalue weighted by Crippen LogP contribution is -2.29. The zero-order valence-corrected chi connectivity index (χ0v) is 16.3. The topological polar surface area (TPSA) is 90.6 Å². The fourth-order valence-electron chi connectivity index (χ4n) is 3.12. The van der Waals surface area contributed by atoms with Gasteiger partial charge in [0.1, 0.15) is 11.5 Å². The van der Waals surface area contributed by atoms with Gasteiger partial charge >= 0.3 is 0 Å². The van der Waals surface area contributed by atoms with E-state index in [9.17, 15) is 4.79 Å². The van der Waals surface area contributed by atoms with Crippen molar-refractivity contribution in [3.8, 4) is 11.5 Å². The molecule has 2 heterocycles. The van der Waals surface area contributed by atoms with Crippen LogP contribution in [-0.4, -0.2) is 48.6 Å². The molecule has 0 bridgehead atoms. The van der Waals surface area contributed by atoms with Gasteiger partial charge in [0, 0.05) is 61.5 Å². The number of aromatic nitrogens is 2. The molecule has 0 aliphatic rings. The third-order valence-electron chi connectivity index (χ3n) is 4.66. The molecule has 7 nitrogen and oxygen atoms in total. The van der Waals surface area contributed by atoms with E-state index in [0.29, 0.717) is 41.1 Å². The average molecular weight is 380 g/mol. The highest BCUT2D eigenvalue weighted by molar-refractivity contribution is 6.09. The Hall–Kier alpha value is -3.19. The number of pyridine rings is 2. The second-order valence-corrected chi connectivity index (χ2v) is 6.37. The Morgan fingerprint density at radius 2 is 2.00 bits per heavy atom. The molecule has 3 rings (SSSR count). The summed E-state index contributed by atoms with van der Waals surface area (Å²) in [6.07, 6.45) is 3.99. The summed E-state index contributed by atoms with van der Waals surface area (Å²) in [5.41, 5.74) is 7.94. The number of benzene rings is 1. The minimum atomic E-state index is -0.132. The number of methoxy groups -OCH3 is 2. The van der Waals surface area contributed by atoms with Crippen LogP contribution in [0.5, 0.6) is 11.5 Å². The Bertz CT molecular complexity index is 976. The van der Waals surface area contributed by atoms with Crippen LogP contribution in [0, 0.1) is 0 Å². The number of amides is 1. The highest BCUT2D eigenvalue weighted by Gasteiger charge is 2.20. The van der Waals surface area contributed by atoms with Gasteiger partial charge in [-0.1, -0.05) is 6.07 Å². The maximum atomic E-state index is 13.1. The lowest BCUT2D eigenvalue weighted by molar-refractivity contribution is 0.0798. The highest BCUT2D eigenvalue weighted by atomic mass is 16.5. The summed E-state index contributed by atoms with van der Waals surface area (Å²) in [4.78, 5) is 23.5. The van der Waals surface area contributed by atoms with Gasteiger partial charge in [0.15, 0.2) is 0 Å². The molecule has 0 atom stereocenters. The number of fused-ring (bicyclic) bond motifs is 1. The van der Waals surface area contributed by atoms with Crippen molar-refractivity contribution in [2.24, 2.45) is 5.73 Å². The van der Waals surface area contributed by atoms with E-state index >= 15 is 0 Å². The lowest BCUT2D eigenvalue weighted by Gasteiger charge is -2.19. The largest absolute Gasteiger partial charge is 0.497 e. The molecule has 0 unspecified atom stereocenters. The van der Waals surface area contributed by atoms with Crippen LogP contribution in [0.2, 0.25) is 0 Å². The van der Waals surface area contributed by atoms with Gasteiger partial charge in [-0.05, 0) is 18.2 Å². The van der Waals surface area contributed by atoms with Gasteiger partial charge in [-0.25, -0.2) is 0 Å². The lowest BCUT2D eigenvalue weighted by atomic mass is 10.0. The second-order valence-electron chi connectivity index (χ2n) is 6.37. The number of nitrogens with two attached hydrogens (primary N) is 1. The van der Waals surface area contributed by atoms with E-state index in [1.165, 1.54) is 0 Å². The first-order valence-electron chi connectivity index (χ1n) is 8.98. The minimum absolute atomic E-state index is 0.132. The molecular formula is C21H24N4O3. The van der Waals surface area contributed by atoms with E-state index < -0.39 is 0 Å². The number of carbonyl (C=O) groups excluding carboxylic acids is 1. The number of likely N-dealkylation sites (N-methyl/N-ethyl adjacent to an activating group) is 1. The summed E-state index contributed by atoms with van der Waals surface area (Å²) in [7, 11) is 4.92. The van der Waals surface area contributed by atoms with Crippen molar-refractivity contribution >= 4 is 16.7 Å². The first kappa shape index (κ1) is 19.6. The SMILES string of the molecule is COc1cc(OC)c2c(CN)ncc(C(=O)N(C)CCc3ccccn3)c2c1. The normalized spacial score (nSPS) is 10.7. The van der Waals surface area contributed by atoms with Crippen molar-refractivity contribution in [1.29, 1.82) is 0 Å². The van der Waals surface area contributed by atoms with Crippen molar-refractivity contribution in [2.75, 3.05) is 27.8 Å². The predicted molar refractivity (Wildman–Crippen MR) is 108 cm³/mol. The van der Waals surface area contributed by atoms with Crippen molar-refractivity contribution in [2.45, 2.75) is 13.0 Å². The summed E-state index contributed by atoms with van der Waals surface area (Å²) in [6.45, 7) is 0.778. The molecule has 0 fully saturated rings. The van der Waals surface area contributed by atoms with Gasteiger partial charge in [-0.3, -0.25) is 14.8 Å².